The first kappa shape index (κ1) is 12.6. The summed E-state index contributed by atoms with van der Waals surface area (Å²) in [5.74, 6) is -0.206. The van der Waals surface area contributed by atoms with Crippen molar-refractivity contribution in [1.82, 2.24) is 0 Å². The van der Waals surface area contributed by atoms with Gasteiger partial charge in [0.05, 0.1) is 12.5 Å². The molecule has 1 rings (SSSR count). The molecule has 1 atom stereocenters. The third-order valence-corrected chi connectivity index (χ3v) is 2.44. The molecule has 88 valence electrons. The number of phenols is 1. The average Bonchev–Trinajstić information content (AvgIpc) is 2.30. The van der Waals surface area contributed by atoms with Crippen LogP contribution in [0.25, 0.3) is 0 Å². The van der Waals surface area contributed by atoms with Crippen molar-refractivity contribution in [3.63, 3.8) is 0 Å². The molecule has 0 saturated carbocycles. The Morgan fingerprint density at radius 1 is 1.31 bits per heavy atom. The summed E-state index contributed by atoms with van der Waals surface area (Å²) in [6.45, 7) is 4.38. The Labute approximate surface area is 96.1 Å². The van der Waals surface area contributed by atoms with Crippen LogP contribution in [0, 0.1) is 0 Å². The number of benzene rings is 1. The van der Waals surface area contributed by atoms with E-state index in [1.807, 2.05) is 13.8 Å². The quantitative estimate of drug-likeness (QED) is 0.779. The molecule has 3 nitrogen and oxygen atoms in total. The van der Waals surface area contributed by atoms with E-state index in [4.69, 9.17) is 4.74 Å². The first-order valence-corrected chi connectivity index (χ1v) is 5.64. The summed E-state index contributed by atoms with van der Waals surface area (Å²) in [5.41, 5.74) is 0.890. The van der Waals surface area contributed by atoms with Crippen LogP contribution in [0.2, 0.25) is 0 Å². The van der Waals surface area contributed by atoms with Crippen molar-refractivity contribution in [2.75, 3.05) is 6.61 Å². The van der Waals surface area contributed by atoms with Gasteiger partial charge in [-0.2, -0.15) is 0 Å². The van der Waals surface area contributed by atoms with Crippen LogP contribution >= 0.6 is 0 Å². The maximum Gasteiger partial charge on any atom is 0.313 e. The lowest BCUT2D eigenvalue weighted by atomic mass is 9.96. The molecule has 1 aromatic rings. The Morgan fingerprint density at radius 2 is 1.94 bits per heavy atom. The van der Waals surface area contributed by atoms with Gasteiger partial charge in [0.25, 0.3) is 0 Å². The van der Waals surface area contributed by atoms with Crippen molar-refractivity contribution in [3.8, 4) is 5.75 Å². The molecule has 0 aliphatic heterocycles. The van der Waals surface area contributed by atoms with Gasteiger partial charge in [-0.25, -0.2) is 0 Å². The Balaban J connectivity index is 2.73. The average molecular weight is 222 g/mol. The number of ether oxygens (including phenoxy) is 1. The fraction of sp³-hybridized carbons (Fsp3) is 0.462. The van der Waals surface area contributed by atoms with Crippen molar-refractivity contribution in [2.45, 2.75) is 32.6 Å². The van der Waals surface area contributed by atoms with Crippen molar-refractivity contribution in [3.05, 3.63) is 29.8 Å². The molecule has 0 amide bonds. The molecule has 0 heterocycles. The summed E-state index contributed by atoms with van der Waals surface area (Å²) in [4.78, 5) is 11.7. The van der Waals surface area contributed by atoms with E-state index < -0.39 is 0 Å². The van der Waals surface area contributed by atoms with E-state index in [0.29, 0.717) is 13.0 Å². The second-order valence-electron chi connectivity index (χ2n) is 3.72. The highest BCUT2D eigenvalue weighted by molar-refractivity contribution is 5.78. The van der Waals surface area contributed by atoms with Crippen LogP contribution in [0.3, 0.4) is 0 Å². The lowest BCUT2D eigenvalue weighted by Crippen LogP contribution is -2.15. The lowest BCUT2D eigenvalue weighted by Gasteiger charge is -2.14. The molecule has 0 spiro atoms. The highest BCUT2D eigenvalue weighted by Crippen LogP contribution is 2.23. The van der Waals surface area contributed by atoms with Crippen LogP contribution < -0.4 is 0 Å². The van der Waals surface area contributed by atoms with Gasteiger partial charge in [0.1, 0.15) is 5.75 Å². The minimum Gasteiger partial charge on any atom is -0.508 e. The van der Waals surface area contributed by atoms with E-state index in [9.17, 15) is 9.90 Å². The van der Waals surface area contributed by atoms with Crippen LogP contribution in [0.4, 0.5) is 0 Å². The van der Waals surface area contributed by atoms with Gasteiger partial charge < -0.3 is 9.84 Å². The molecular formula is C13H18O3. The largest absolute Gasteiger partial charge is 0.508 e. The molecule has 1 unspecified atom stereocenters. The molecule has 0 saturated heterocycles. The van der Waals surface area contributed by atoms with Crippen LogP contribution in [-0.2, 0) is 9.53 Å². The zero-order valence-electron chi connectivity index (χ0n) is 9.77. The monoisotopic (exact) mass is 222 g/mol. The summed E-state index contributed by atoms with van der Waals surface area (Å²) < 4.78 is 5.13. The molecule has 0 radical (unpaired) electrons. The third kappa shape index (κ3) is 3.26. The van der Waals surface area contributed by atoms with Gasteiger partial charge in [0.15, 0.2) is 0 Å². The number of carbonyl (C=O) groups excluding carboxylic acids is 1. The van der Waals surface area contributed by atoms with E-state index in [-0.39, 0.29) is 17.6 Å². The number of phenolic OH excluding ortho intramolecular Hbond substituents is 1. The van der Waals surface area contributed by atoms with Crippen LogP contribution in [-0.4, -0.2) is 17.7 Å². The fourth-order valence-corrected chi connectivity index (χ4v) is 1.55. The van der Waals surface area contributed by atoms with E-state index >= 15 is 0 Å². The summed E-state index contributed by atoms with van der Waals surface area (Å²) in [6.07, 6.45) is 1.53. The molecule has 0 aliphatic rings. The summed E-state index contributed by atoms with van der Waals surface area (Å²) >= 11 is 0. The molecule has 3 heteroatoms. The van der Waals surface area contributed by atoms with Gasteiger partial charge in [-0.1, -0.05) is 26.0 Å². The van der Waals surface area contributed by atoms with Gasteiger partial charge >= 0.3 is 5.97 Å². The summed E-state index contributed by atoms with van der Waals surface area (Å²) in [6, 6.07) is 6.70. The SMILES string of the molecule is CCCOC(=O)C(CC)c1ccc(O)cc1. The predicted octanol–water partition coefficient (Wildman–Crippen LogP) is 2.84. The van der Waals surface area contributed by atoms with Crippen LogP contribution in [0.15, 0.2) is 24.3 Å². The van der Waals surface area contributed by atoms with E-state index in [0.717, 1.165) is 12.0 Å². The molecular weight excluding hydrogens is 204 g/mol. The first-order valence-electron chi connectivity index (χ1n) is 5.64. The van der Waals surface area contributed by atoms with Crippen molar-refractivity contribution < 1.29 is 14.6 Å². The number of hydrogen-bond donors (Lipinski definition) is 1. The second-order valence-corrected chi connectivity index (χ2v) is 3.72. The Hall–Kier alpha value is -1.51. The molecule has 1 N–H and O–H groups in total. The van der Waals surface area contributed by atoms with Gasteiger partial charge in [0.2, 0.25) is 0 Å². The van der Waals surface area contributed by atoms with E-state index in [1.165, 1.54) is 0 Å². The lowest BCUT2D eigenvalue weighted by molar-refractivity contribution is -0.145. The highest BCUT2D eigenvalue weighted by Gasteiger charge is 2.19. The Morgan fingerprint density at radius 3 is 2.44 bits per heavy atom. The number of aromatic hydroxyl groups is 1. The molecule has 0 aliphatic carbocycles. The molecule has 0 bridgehead atoms. The summed E-state index contributed by atoms with van der Waals surface area (Å²) in [7, 11) is 0. The maximum absolute atomic E-state index is 11.7. The fourth-order valence-electron chi connectivity index (χ4n) is 1.55. The maximum atomic E-state index is 11.7. The minimum atomic E-state index is -0.229. The zero-order valence-corrected chi connectivity index (χ0v) is 9.77. The standard InChI is InChI=1S/C13H18O3/c1-3-9-16-13(15)12(4-2)10-5-7-11(14)8-6-10/h5-8,12,14H,3-4,9H2,1-2H3. The van der Waals surface area contributed by atoms with Crippen LogP contribution in [0.1, 0.15) is 38.2 Å². The van der Waals surface area contributed by atoms with E-state index in [2.05, 4.69) is 0 Å². The Bertz CT molecular complexity index is 330. The number of carbonyl (C=O) groups is 1. The Kier molecular flexibility index (Phi) is 4.83. The third-order valence-electron chi connectivity index (χ3n) is 2.44. The van der Waals surface area contributed by atoms with Gasteiger partial charge in [-0.05, 0) is 30.5 Å². The molecule has 0 fully saturated rings. The van der Waals surface area contributed by atoms with Gasteiger partial charge in [-0.3, -0.25) is 4.79 Å². The second kappa shape index (κ2) is 6.16. The molecule has 0 aromatic heterocycles. The molecule has 1 aromatic carbocycles. The highest BCUT2D eigenvalue weighted by atomic mass is 16.5. The van der Waals surface area contributed by atoms with Gasteiger partial charge in [0, 0.05) is 0 Å². The number of hydrogen-bond acceptors (Lipinski definition) is 3. The first-order chi connectivity index (χ1) is 7.69. The van der Waals surface area contributed by atoms with Crippen molar-refractivity contribution in [1.29, 1.82) is 0 Å². The van der Waals surface area contributed by atoms with Crippen molar-refractivity contribution in [2.24, 2.45) is 0 Å². The molecule has 16 heavy (non-hydrogen) atoms. The number of rotatable bonds is 5. The zero-order chi connectivity index (χ0) is 12.0. The van der Waals surface area contributed by atoms with Crippen LogP contribution in [0.5, 0.6) is 5.75 Å². The van der Waals surface area contributed by atoms with Gasteiger partial charge in [-0.15, -0.1) is 0 Å². The van der Waals surface area contributed by atoms with Crippen molar-refractivity contribution >= 4 is 5.97 Å². The minimum absolute atomic E-state index is 0.185. The van der Waals surface area contributed by atoms with E-state index in [1.54, 1.807) is 24.3 Å². The number of esters is 1. The smallest absolute Gasteiger partial charge is 0.313 e. The predicted molar refractivity (Wildman–Crippen MR) is 62.4 cm³/mol. The topological polar surface area (TPSA) is 46.5 Å². The summed E-state index contributed by atoms with van der Waals surface area (Å²) in [5, 5.41) is 9.18. The normalized spacial score (nSPS) is 12.1.